The molecule has 1 atom stereocenters. The average molecular weight is 469 g/mol. The molecule has 6 nitrogen and oxygen atoms in total. The molecule has 1 aromatic heterocycles. The van der Waals surface area contributed by atoms with Crippen molar-refractivity contribution in [1.82, 2.24) is 14.3 Å². The lowest BCUT2D eigenvalue weighted by molar-refractivity contribution is 0.262. The molecule has 9 heteroatoms. The Balaban J connectivity index is 1.38. The SMILES string of the molecule is O=S(=O)(c1ccc2ccccc2c1)N1CCCCC1CNc1cnc2cc(F)c(F)cc2n1. The van der Waals surface area contributed by atoms with E-state index in [1.807, 2.05) is 30.3 Å². The van der Waals surface area contributed by atoms with Crippen LogP contribution in [0.15, 0.2) is 65.7 Å². The van der Waals surface area contributed by atoms with Crippen LogP contribution in [0.3, 0.4) is 0 Å². The molecule has 1 aliphatic heterocycles. The van der Waals surface area contributed by atoms with Gasteiger partial charge in [0, 0.05) is 31.3 Å². The van der Waals surface area contributed by atoms with Crippen molar-refractivity contribution in [3.05, 3.63) is 72.4 Å². The molecule has 4 aromatic rings. The van der Waals surface area contributed by atoms with Crippen LogP contribution in [-0.2, 0) is 10.0 Å². The first-order valence-corrected chi connectivity index (χ1v) is 12.2. The zero-order valence-corrected chi connectivity index (χ0v) is 18.5. The molecule has 0 bridgehead atoms. The third-order valence-electron chi connectivity index (χ3n) is 6.00. The third kappa shape index (κ3) is 4.26. The molecule has 1 aliphatic rings. The van der Waals surface area contributed by atoms with Gasteiger partial charge in [-0.2, -0.15) is 4.31 Å². The van der Waals surface area contributed by atoms with E-state index in [1.54, 1.807) is 16.4 Å². The fourth-order valence-corrected chi connectivity index (χ4v) is 6.00. The Morgan fingerprint density at radius 2 is 1.73 bits per heavy atom. The van der Waals surface area contributed by atoms with Crippen LogP contribution in [0.5, 0.6) is 0 Å². The van der Waals surface area contributed by atoms with E-state index in [9.17, 15) is 17.2 Å². The number of hydrogen-bond donors (Lipinski definition) is 1. The average Bonchev–Trinajstić information content (AvgIpc) is 2.83. The minimum absolute atomic E-state index is 0.225. The molecule has 1 saturated heterocycles. The zero-order valence-electron chi connectivity index (χ0n) is 17.7. The maximum absolute atomic E-state index is 13.6. The van der Waals surface area contributed by atoms with Gasteiger partial charge in [0.05, 0.1) is 22.1 Å². The van der Waals surface area contributed by atoms with Crippen molar-refractivity contribution in [2.45, 2.75) is 30.2 Å². The van der Waals surface area contributed by atoms with E-state index in [0.717, 1.165) is 35.7 Å². The summed E-state index contributed by atoms with van der Waals surface area (Å²) < 4.78 is 55.5. The Morgan fingerprint density at radius 1 is 0.970 bits per heavy atom. The monoisotopic (exact) mass is 468 g/mol. The van der Waals surface area contributed by atoms with E-state index in [2.05, 4.69) is 15.3 Å². The molecule has 3 aromatic carbocycles. The van der Waals surface area contributed by atoms with Gasteiger partial charge in [0.1, 0.15) is 5.82 Å². The maximum atomic E-state index is 13.6. The molecule has 5 rings (SSSR count). The Hall–Kier alpha value is -3.17. The molecule has 170 valence electrons. The number of aromatic nitrogens is 2. The number of hydrogen-bond acceptors (Lipinski definition) is 5. The highest BCUT2D eigenvalue weighted by Gasteiger charge is 2.33. The fourth-order valence-electron chi connectivity index (χ4n) is 4.27. The molecule has 1 N–H and O–H groups in total. The molecule has 0 saturated carbocycles. The van der Waals surface area contributed by atoms with Crippen molar-refractivity contribution in [2.24, 2.45) is 0 Å². The number of sulfonamides is 1. The smallest absolute Gasteiger partial charge is 0.243 e. The normalized spacial score (nSPS) is 17.5. The summed E-state index contributed by atoms with van der Waals surface area (Å²) in [6.07, 6.45) is 3.86. The standard InChI is InChI=1S/C24H22F2N4O2S/c25-20-12-22-23(13-21(20)26)29-24(15-27-22)28-14-18-7-3-4-10-30(18)33(31,32)19-9-8-16-5-1-2-6-17(16)11-19/h1-2,5-6,8-9,11-13,15,18H,3-4,7,10,14H2,(H,28,29). The van der Waals surface area contributed by atoms with Crippen molar-refractivity contribution >= 4 is 37.6 Å². The van der Waals surface area contributed by atoms with E-state index in [1.165, 1.54) is 6.20 Å². The lowest BCUT2D eigenvalue weighted by Crippen LogP contribution is -2.47. The van der Waals surface area contributed by atoms with Gasteiger partial charge in [-0.05, 0) is 35.7 Å². The van der Waals surface area contributed by atoms with Crippen molar-refractivity contribution in [3.63, 3.8) is 0 Å². The zero-order chi connectivity index (χ0) is 23.0. The van der Waals surface area contributed by atoms with Gasteiger partial charge in [-0.1, -0.05) is 36.8 Å². The Labute approximate surface area is 190 Å². The maximum Gasteiger partial charge on any atom is 0.243 e. The first-order valence-electron chi connectivity index (χ1n) is 10.8. The summed E-state index contributed by atoms with van der Waals surface area (Å²) in [5.41, 5.74) is 0.473. The molecule has 0 amide bonds. The van der Waals surface area contributed by atoms with Gasteiger partial charge in [-0.15, -0.1) is 0 Å². The lowest BCUT2D eigenvalue weighted by Gasteiger charge is -2.35. The van der Waals surface area contributed by atoms with E-state index < -0.39 is 21.7 Å². The van der Waals surface area contributed by atoms with Crippen LogP contribution in [-0.4, -0.2) is 41.8 Å². The third-order valence-corrected chi connectivity index (χ3v) is 7.95. The summed E-state index contributed by atoms with van der Waals surface area (Å²) in [5.74, 6) is -1.59. The van der Waals surface area contributed by atoms with E-state index in [4.69, 9.17) is 0 Å². The quantitative estimate of drug-likeness (QED) is 0.459. The van der Waals surface area contributed by atoms with Crippen LogP contribution in [0.1, 0.15) is 19.3 Å². The van der Waals surface area contributed by atoms with Crippen LogP contribution in [0.2, 0.25) is 0 Å². The van der Waals surface area contributed by atoms with Crippen LogP contribution in [0.25, 0.3) is 21.8 Å². The number of benzene rings is 3. The summed E-state index contributed by atoms with van der Waals surface area (Å²) in [6, 6.07) is 14.6. The molecule has 2 heterocycles. The Kier molecular flexibility index (Phi) is 5.67. The summed E-state index contributed by atoms with van der Waals surface area (Å²) in [5, 5.41) is 4.99. The van der Waals surface area contributed by atoms with Crippen molar-refractivity contribution in [1.29, 1.82) is 0 Å². The summed E-state index contributed by atoms with van der Waals surface area (Å²) >= 11 is 0. The summed E-state index contributed by atoms with van der Waals surface area (Å²) in [7, 11) is -3.69. The highest BCUT2D eigenvalue weighted by atomic mass is 32.2. The van der Waals surface area contributed by atoms with Crippen LogP contribution in [0, 0.1) is 11.6 Å². The van der Waals surface area contributed by atoms with Gasteiger partial charge in [0.2, 0.25) is 10.0 Å². The van der Waals surface area contributed by atoms with Gasteiger partial charge < -0.3 is 5.32 Å². The fraction of sp³-hybridized carbons (Fsp3) is 0.250. The first kappa shape index (κ1) is 21.7. The van der Waals surface area contributed by atoms with E-state index in [0.29, 0.717) is 25.3 Å². The number of rotatable bonds is 5. The number of anilines is 1. The molecule has 1 fully saturated rings. The Morgan fingerprint density at radius 3 is 2.55 bits per heavy atom. The second-order valence-corrected chi connectivity index (χ2v) is 10.1. The second-order valence-electron chi connectivity index (χ2n) is 8.17. The summed E-state index contributed by atoms with van der Waals surface area (Å²) in [4.78, 5) is 8.69. The molecule has 0 radical (unpaired) electrons. The molecule has 1 unspecified atom stereocenters. The van der Waals surface area contributed by atoms with Crippen LogP contribution >= 0.6 is 0 Å². The molecular weight excluding hydrogens is 446 g/mol. The van der Waals surface area contributed by atoms with Crippen molar-refractivity contribution in [2.75, 3.05) is 18.4 Å². The van der Waals surface area contributed by atoms with Gasteiger partial charge in [-0.3, -0.25) is 4.98 Å². The van der Waals surface area contributed by atoms with Gasteiger partial charge in [0.25, 0.3) is 0 Å². The number of fused-ring (bicyclic) bond motifs is 2. The molecule has 33 heavy (non-hydrogen) atoms. The minimum Gasteiger partial charge on any atom is -0.367 e. The summed E-state index contributed by atoms with van der Waals surface area (Å²) in [6.45, 7) is 0.770. The van der Waals surface area contributed by atoms with Crippen LogP contribution < -0.4 is 5.32 Å². The van der Waals surface area contributed by atoms with E-state index in [-0.39, 0.29) is 22.0 Å². The van der Waals surface area contributed by atoms with Gasteiger partial charge in [0.15, 0.2) is 11.6 Å². The predicted octanol–water partition coefficient (Wildman–Crippen LogP) is 4.72. The number of piperidine rings is 1. The topological polar surface area (TPSA) is 75.2 Å². The lowest BCUT2D eigenvalue weighted by atomic mass is 10.1. The molecule has 0 aliphatic carbocycles. The van der Waals surface area contributed by atoms with E-state index >= 15 is 0 Å². The van der Waals surface area contributed by atoms with Crippen molar-refractivity contribution in [3.8, 4) is 0 Å². The number of nitrogens with zero attached hydrogens (tertiary/aromatic N) is 3. The van der Waals surface area contributed by atoms with Crippen molar-refractivity contribution < 1.29 is 17.2 Å². The van der Waals surface area contributed by atoms with Gasteiger partial charge >= 0.3 is 0 Å². The van der Waals surface area contributed by atoms with Gasteiger partial charge in [-0.25, -0.2) is 22.2 Å². The first-order chi connectivity index (χ1) is 15.9. The largest absolute Gasteiger partial charge is 0.367 e. The highest BCUT2D eigenvalue weighted by Crippen LogP contribution is 2.28. The Bertz CT molecular complexity index is 1450. The number of nitrogens with one attached hydrogen (secondary N) is 1. The highest BCUT2D eigenvalue weighted by molar-refractivity contribution is 7.89. The second kappa shape index (κ2) is 8.64. The predicted molar refractivity (Wildman–Crippen MR) is 123 cm³/mol. The number of halogens is 2. The van der Waals surface area contributed by atoms with Crippen LogP contribution in [0.4, 0.5) is 14.6 Å². The molecular formula is C24H22F2N4O2S. The molecule has 0 spiro atoms. The minimum atomic E-state index is -3.69.